The summed E-state index contributed by atoms with van der Waals surface area (Å²) in [5, 5.41) is 11.3. The highest BCUT2D eigenvalue weighted by Gasteiger charge is 2.25. The largest absolute Gasteiger partial charge is 0.290 e. The molecule has 27 heavy (non-hydrogen) atoms. The van der Waals surface area contributed by atoms with Crippen molar-refractivity contribution < 1.29 is 18.8 Å². The Hall–Kier alpha value is -3.38. The number of rotatable bonds is 1. The van der Waals surface area contributed by atoms with E-state index < -0.39 is 11.6 Å². The molecule has 0 spiro atoms. The van der Waals surface area contributed by atoms with Crippen LogP contribution in [0.25, 0.3) is 22.9 Å². The molecule has 1 N–H and O–H groups in total. The van der Waals surface area contributed by atoms with Crippen molar-refractivity contribution >= 4 is 17.6 Å². The molecule has 0 fully saturated rings. The highest BCUT2D eigenvalue weighted by molar-refractivity contribution is 6.03. The monoisotopic (exact) mass is 364 g/mol. The molecule has 134 valence electrons. The summed E-state index contributed by atoms with van der Waals surface area (Å²) in [7, 11) is 0. The van der Waals surface area contributed by atoms with E-state index in [9.17, 15) is 18.8 Å². The van der Waals surface area contributed by atoms with Crippen LogP contribution in [0.2, 0.25) is 0 Å². The van der Waals surface area contributed by atoms with E-state index in [-0.39, 0.29) is 11.3 Å². The predicted octanol–water partition coefficient (Wildman–Crippen LogP) is 4.50. The molecule has 0 atom stereocenters. The second-order valence-corrected chi connectivity index (χ2v) is 6.23. The summed E-state index contributed by atoms with van der Waals surface area (Å²) >= 11 is 0. The number of pyridine rings is 1. The van der Waals surface area contributed by atoms with Crippen LogP contribution in [0.1, 0.15) is 18.2 Å². The Balaban J connectivity index is 1.96. The second kappa shape index (κ2) is 6.41. The summed E-state index contributed by atoms with van der Waals surface area (Å²) in [6, 6.07) is 5.03. The minimum absolute atomic E-state index is 0.136. The Morgan fingerprint density at radius 1 is 1.07 bits per heavy atom. The molecule has 0 saturated heterocycles. The van der Waals surface area contributed by atoms with Crippen molar-refractivity contribution in [2.75, 3.05) is 0 Å². The first-order valence-electron chi connectivity index (χ1n) is 8.22. The fraction of sp³-hybridized carbons (Fsp3) is 0.0476. The topological polar surface area (TPSA) is 53.4 Å². The van der Waals surface area contributed by atoms with Crippen molar-refractivity contribution in [1.82, 2.24) is 10.0 Å². The summed E-state index contributed by atoms with van der Waals surface area (Å²) in [4.78, 5) is 15.9. The highest BCUT2D eigenvalue weighted by atomic mass is 19.1. The molecule has 2 heterocycles. The van der Waals surface area contributed by atoms with Crippen molar-refractivity contribution in [2.45, 2.75) is 6.92 Å². The highest BCUT2D eigenvalue weighted by Crippen LogP contribution is 2.38. The van der Waals surface area contributed by atoms with E-state index in [4.69, 9.17) is 0 Å². The maximum atomic E-state index is 14.3. The van der Waals surface area contributed by atoms with Gasteiger partial charge in [-0.15, -0.1) is 0 Å². The molecule has 0 amide bonds. The number of aromatic nitrogens is 1. The average molecular weight is 364 g/mol. The molecule has 0 unspecified atom stereocenters. The third-order valence-electron chi connectivity index (χ3n) is 4.50. The Bertz CT molecular complexity index is 1100. The normalized spacial score (nSPS) is 18.6. The van der Waals surface area contributed by atoms with Crippen molar-refractivity contribution in [1.29, 1.82) is 0 Å². The number of allylic oxidation sites excluding steroid dienone is 5. The van der Waals surface area contributed by atoms with Gasteiger partial charge in [0.05, 0.1) is 5.69 Å². The molecule has 0 bridgehead atoms. The maximum absolute atomic E-state index is 14.3. The van der Waals surface area contributed by atoms with Crippen LogP contribution in [-0.2, 0) is 4.79 Å². The first-order chi connectivity index (χ1) is 13.0. The van der Waals surface area contributed by atoms with Crippen molar-refractivity contribution in [3.63, 3.8) is 0 Å². The fourth-order valence-electron chi connectivity index (χ4n) is 3.25. The predicted molar refractivity (Wildman–Crippen MR) is 97.1 cm³/mol. The molecule has 1 aromatic carbocycles. The number of fused-ring (bicyclic) bond motifs is 1. The van der Waals surface area contributed by atoms with Crippen LogP contribution in [-0.4, -0.2) is 21.0 Å². The lowest BCUT2D eigenvalue weighted by Crippen LogP contribution is -2.19. The lowest BCUT2D eigenvalue weighted by molar-refractivity contribution is -0.110. The van der Waals surface area contributed by atoms with Gasteiger partial charge in [-0.2, -0.15) is 0 Å². The van der Waals surface area contributed by atoms with Crippen LogP contribution in [0.5, 0.6) is 0 Å². The van der Waals surface area contributed by atoms with E-state index in [2.05, 4.69) is 4.98 Å². The molecule has 1 aromatic heterocycles. The Morgan fingerprint density at radius 2 is 1.89 bits per heavy atom. The average Bonchev–Trinajstić information content (AvgIpc) is 2.62. The molecule has 4 rings (SSSR count). The lowest BCUT2D eigenvalue weighted by Gasteiger charge is -2.26. The van der Waals surface area contributed by atoms with Crippen LogP contribution >= 0.6 is 0 Å². The first kappa shape index (κ1) is 17.1. The summed E-state index contributed by atoms with van der Waals surface area (Å²) in [6.07, 6.45) is 9.03. The molecule has 1 aliphatic carbocycles. The van der Waals surface area contributed by atoms with Gasteiger partial charge in [0.25, 0.3) is 0 Å². The summed E-state index contributed by atoms with van der Waals surface area (Å²) in [5.41, 5.74) is 3.48. The third-order valence-corrected chi connectivity index (χ3v) is 4.50. The number of carbonyl (C=O) groups excluding carboxylic acids is 1. The summed E-state index contributed by atoms with van der Waals surface area (Å²) < 4.78 is 27.6. The summed E-state index contributed by atoms with van der Waals surface area (Å²) in [6.45, 7) is 1.76. The van der Waals surface area contributed by atoms with Gasteiger partial charge < -0.3 is 0 Å². The third kappa shape index (κ3) is 2.90. The Morgan fingerprint density at radius 3 is 2.63 bits per heavy atom. The molecule has 1 aliphatic heterocycles. The molecule has 6 heteroatoms. The van der Waals surface area contributed by atoms with Gasteiger partial charge in [0.15, 0.2) is 5.78 Å². The minimum Gasteiger partial charge on any atom is -0.290 e. The van der Waals surface area contributed by atoms with E-state index in [0.29, 0.717) is 33.7 Å². The SMILES string of the molecule is CC1=CC(=O)C=CC1=C1c2nccc(-c3ccc(F)cc3F)c2C=CN1O. The number of hydrogen-bond acceptors (Lipinski definition) is 4. The molecule has 2 aromatic rings. The number of hydrogen-bond donors (Lipinski definition) is 1. The standard InChI is InChI=1S/C21H14F2N2O2/c1-12-10-14(26)3-5-15(12)21-20-18(7-9-25(21)27)16(6-8-24-20)17-4-2-13(22)11-19(17)23/h2-11,27H,1H3. The molecule has 0 radical (unpaired) electrons. The van der Waals surface area contributed by atoms with Gasteiger partial charge in [0, 0.05) is 35.2 Å². The number of hydroxylamine groups is 2. The Labute approximate surface area is 154 Å². The van der Waals surface area contributed by atoms with Gasteiger partial charge in [-0.1, -0.05) is 0 Å². The van der Waals surface area contributed by atoms with Crippen LogP contribution < -0.4 is 0 Å². The molecule has 4 nitrogen and oxygen atoms in total. The van der Waals surface area contributed by atoms with Gasteiger partial charge in [0.2, 0.25) is 0 Å². The maximum Gasteiger partial charge on any atom is 0.178 e. The summed E-state index contributed by atoms with van der Waals surface area (Å²) in [5.74, 6) is -1.48. The smallest absolute Gasteiger partial charge is 0.178 e. The zero-order valence-corrected chi connectivity index (χ0v) is 14.3. The zero-order chi connectivity index (χ0) is 19.1. The van der Waals surface area contributed by atoms with Gasteiger partial charge >= 0.3 is 0 Å². The number of halogens is 2. The van der Waals surface area contributed by atoms with E-state index in [1.165, 1.54) is 36.7 Å². The van der Waals surface area contributed by atoms with E-state index >= 15 is 0 Å². The van der Waals surface area contributed by atoms with Gasteiger partial charge in [0.1, 0.15) is 17.3 Å². The molecular formula is C21H14F2N2O2. The second-order valence-electron chi connectivity index (χ2n) is 6.23. The molecular weight excluding hydrogens is 350 g/mol. The molecule has 2 aliphatic rings. The quantitative estimate of drug-likeness (QED) is 0.810. The zero-order valence-electron chi connectivity index (χ0n) is 14.3. The molecule has 0 saturated carbocycles. The van der Waals surface area contributed by atoms with Gasteiger partial charge in [-0.05, 0) is 60.6 Å². The minimum atomic E-state index is -0.684. The van der Waals surface area contributed by atoms with Gasteiger partial charge in [-0.25, -0.2) is 13.8 Å². The van der Waals surface area contributed by atoms with E-state index in [0.717, 1.165) is 11.1 Å². The van der Waals surface area contributed by atoms with Crippen molar-refractivity contribution in [3.8, 4) is 11.1 Å². The van der Waals surface area contributed by atoms with Crippen LogP contribution in [0.4, 0.5) is 8.78 Å². The number of benzene rings is 1. The van der Waals surface area contributed by atoms with Crippen LogP contribution in [0, 0.1) is 11.6 Å². The number of nitrogens with zero attached hydrogens (tertiary/aromatic N) is 2. The van der Waals surface area contributed by atoms with Crippen molar-refractivity contribution in [3.05, 3.63) is 88.9 Å². The van der Waals surface area contributed by atoms with E-state index in [1.54, 1.807) is 25.1 Å². The fourth-order valence-corrected chi connectivity index (χ4v) is 3.25. The number of carbonyl (C=O) groups is 1. The van der Waals surface area contributed by atoms with E-state index in [1.807, 2.05) is 0 Å². The number of ketones is 1. The first-order valence-corrected chi connectivity index (χ1v) is 8.22. The van der Waals surface area contributed by atoms with Gasteiger partial charge in [-0.3, -0.25) is 15.0 Å². The Kier molecular flexibility index (Phi) is 4.05. The van der Waals surface area contributed by atoms with Crippen LogP contribution in [0.15, 0.2) is 66.0 Å². The lowest BCUT2D eigenvalue weighted by atomic mass is 9.91. The van der Waals surface area contributed by atoms with Crippen molar-refractivity contribution in [2.24, 2.45) is 0 Å². The van der Waals surface area contributed by atoms with Crippen LogP contribution in [0.3, 0.4) is 0 Å².